The summed E-state index contributed by atoms with van der Waals surface area (Å²) in [6.07, 6.45) is 1.75. The molecule has 0 spiro atoms. The van der Waals surface area contributed by atoms with Gasteiger partial charge in [-0.3, -0.25) is 19.3 Å². The Hall–Kier alpha value is -3.56. The Kier molecular flexibility index (Phi) is 6.36. The molecule has 0 saturated carbocycles. The number of benzene rings is 2. The molecule has 8 nitrogen and oxygen atoms in total. The van der Waals surface area contributed by atoms with Crippen LogP contribution in [-0.2, 0) is 21.4 Å². The maximum Gasteiger partial charge on any atom is 0.294 e. The second-order valence-electron chi connectivity index (χ2n) is 8.54. The molecule has 1 aromatic heterocycles. The van der Waals surface area contributed by atoms with Crippen molar-refractivity contribution in [2.75, 3.05) is 43.1 Å². The van der Waals surface area contributed by atoms with E-state index in [-0.39, 0.29) is 6.54 Å². The van der Waals surface area contributed by atoms with E-state index in [0.717, 1.165) is 57.6 Å². The van der Waals surface area contributed by atoms with Gasteiger partial charge in [-0.05, 0) is 55.1 Å². The summed E-state index contributed by atoms with van der Waals surface area (Å²) in [5.74, 6) is -0.876. The van der Waals surface area contributed by atoms with Gasteiger partial charge in [-0.2, -0.15) is 0 Å². The highest BCUT2D eigenvalue weighted by Crippen LogP contribution is 2.35. The lowest BCUT2D eigenvalue weighted by Gasteiger charge is -2.28. The Labute approximate surface area is 207 Å². The van der Waals surface area contributed by atoms with Crippen molar-refractivity contribution < 1.29 is 19.1 Å². The van der Waals surface area contributed by atoms with Crippen LogP contribution in [0.4, 0.5) is 16.2 Å². The third kappa shape index (κ3) is 4.56. The van der Waals surface area contributed by atoms with Gasteiger partial charge in [0.15, 0.2) is 0 Å². The van der Waals surface area contributed by atoms with Crippen molar-refractivity contribution in [2.45, 2.75) is 6.92 Å². The van der Waals surface area contributed by atoms with Gasteiger partial charge in [-0.25, -0.2) is 0 Å². The first-order valence-electron chi connectivity index (χ1n) is 11.4. The topological polar surface area (TPSA) is 83.9 Å². The molecule has 0 atom stereocenters. The van der Waals surface area contributed by atoms with Gasteiger partial charge in [-0.15, -0.1) is 0 Å². The highest BCUT2D eigenvalue weighted by molar-refractivity contribution is 8.18. The molecule has 1 N–H and O–H groups in total. The molecule has 2 aromatic carbocycles. The van der Waals surface area contributed by atoms with E-state index in [1.807, 2.05) is 62.5 Å². The number of nitrogens with zero attached hydrogens (tertiary/aromatic N) is 3. The van der Waals surface area contributed by atoms with E-state index in [9.17, 15) is 14.4 Å². The summed E-state index contributed by atoms with van der Waals surface area (Å²) in [4.78, 5) is 41.7. The molecule has 2 fully saturated rings. The average molecular weight is 491 g/mol. The zero-order chi connectivity index (χ0) is 24.5. The molecular formula is C26H26N4O4S. The molecule has 3 aromatic rings. The minimum absolute atomic E-state index is 0.317. The van der Waals surface area contributed by atoms with Gasteiger partial charge >= 0.3 is 0 Å². The summed E-state index contributed by atoms with van der Waals surface area (Å²) >= 11 is 0.863. The number of carbonyl (C=O) groups excluding carboxylic acids is 3. The molecule has 9 heteroatoms. The maximum atomic E-state index is 13.0. The molecule has 0 bridgehead atoms. The second kappa shape index (κ2) is 9.59. The third-order valence-corrected chi connectivity index (χ3v) is 7.33. The molecule has 35 heavy (non-hydrogen) atoms. The van der Waals surface area contributed by atoms with Crippen LogP contribution in [0, 0.1) is 6.92 Å². The maximum absolute atomic E-state index is 13.0. The van der Waals surface area contributed by atoms with Crippen molar-refractivity contribution in [1.29, 1.82) is 0 Å². The number of ether oxygens (including phenoxy) is 1. The SMILES string of the molecule is Cc1c(/C=C2\SC(=O)N(CC(=O)Nc3ccc(N4CCOCC4)cc3)C2=O)c2ccccc2n1C. The largest absolute Gasteiger partial charge is 0.378 e. The number of morpholine rings is 1. The van der Waals surface area contributed by atoms with Crippen LogP contribution in [0.5, 0.6) is 0 Å². The molecular weight excluding hydrogens is 464 g/mol. The lowest BCUT2D eigenvalue weighted by atomic mass is 10.1. The molecule has 3 amide bonds. The summed E-state index contributed by atoms with van der Waals surface area (Å²) in [5, 5.41) is 3.35. The predicted octanol–water partition coefficient (Wildman–Crippen LogP) is 4.00. The first kappa shape index (κ1) is 23.2. The first-order chi connectivity index (χ1) is 16.9. The standard InChI is InChI=1S/C26H26N4O4S/c1-17-21(20-5-3-4-6-22(20)28(17)2)15-23-25(32)30(26(33)35-23)16-24(31)27-18-7-9-19(10-8-18)29-11-13-34-14-12-29/h3-10,15H,11-14,16H2,1-2H3,(H,27,31)/b23-15-. The number of amides is 3. The second-order valence-corrected chi connectivity index (χ2v) is 9.53. The van der Waals surface area contributed by atoms with Crippen LogP contribution in [0.1, 0.15) is 11.3 Å². The molecule has 180 valence electrons. The van der Waals surface area contributed by atoms with Crippen molar-refractivity contribution >= 4 is 57.2 Å². The van der Waals surface area contributed by atoms with Crippen molar-refractivity contribution in [3.8, 4) is 0 Å². The number of hydrogen-bond acceptors (Lipinski definition) is 6. The Morgan fingerprint density at radius 3 is 2.54 bits per heavy atom. The normalized spacial score (nSPS) is 17.6. The predicted molar refractivity (Wildman–Crippen MR) is 138 cm³/mol. The van der Waals surface area contributed by atoms with E-state index in [1.165, 1.54) is 0 Å². The summed E-state index contributed by atoms with van der Waals surface area (Å²) in [7, 11) is 1.97. The molecule has 2 aliphatic rings. The zero-order valence-electron chi connectivity index (χ0n) is 19.6. The monoisotopic (exact) mass is 490 g/mol. The number of aryl methyl sites for hydroxylation is 1. The molecule has 2 saturated heterocycles. The van der Waals surface area contributed by atoms with Crippen LogP contribution in [0.15, 0.2) is 53.4 Å². The number of anilines is 2. The summed E-state index contributed by atoms with van der Waals surface area (Å²) in [6.45, 7) is 4.71. The van der Waals surface area contributed by atoms with E-state index in [1.54, 1.807) is 6.08 Å². The number of fused-ring (bicyclic) bond motifs is 1. The lowest BCUT2D eigenvalue weighted by molar-refractivity contribution is -0.127. The van der Waals surface area contributed by atoms with Gasteiger partial charge in [0.2, 0.25) is 5.91 Å². The van der Waals surface area contributed by atoms with Gasteiger partial charge in [0, 0.05) is 53.7 Å². The number of nitrogens with one attached hydrogen (secondary N) is 1. The molecule has 2 aliphatic heterocycles. The van der Waals surface area contributed by atoms with E-state index in [4.69, 9.17) is 4.74 Å². The zero-order valence-corrected chi connectivity index (χ0v) is 20.4. The minimum Gasteiger partial charge on any atom is -0.378 e. The van der Waals surface area contributed by atoms with Crippen LogP contribution >= 0.6 is 11.8 Å². The number of hydrogen-bond donors (Lipinski definition) is 1. The number of carbonyl (C=O) groups is 3. The smallest absolute Gasteiger partial charge is 0.294 e. The quantitative estimate of drug-likeness (QED) is 0.545. The minimum atomic E-state index is -0.454. The number of rotatable bonds is 5. The van der Waals surface area contributed by atoms with Crippen LogP contribution in [-0.4, -0.2) is 59.4 Å². The van der Waals surface area contributed by atoms with E-state index in [2.05, 4.69) is 14.8 Å². The van der Waals surface area contributed by atoms with Crippen LogP contribution < -0.4 is 10.2 Å². The average Bonchev–Trinajstić information content (AvgIpc) is 3.28. The van der Waals surface area contributed by atoms with E-state index in [0.29, 0.717) is 23.8 Å². The molecule has 0 radical (unpaired) electrons. The number of imide groups is 1. The van der Waals surface area contributed by atoms with Crippen molar-refractivity contribution in [3.63, 3.8) is 0 Å². The fourth-order valence-electron chi connectivity index (χ4n) is 4.42. The highest BCUT2D eigenvalue weighted by atomic mass is 32.2. The van der Waals surface area contributed by atoms with Gasteiger partial charge in [-0.1, -0.05) is 18.2 Å². The number of aromatic nitrogens is 1. The Morgan fingerprint density at radius 2 is 1.80 bits per heavy atom. The summed E-state index contributed by atoms with van der Waals surface area (Å²) in [5.41, 5.74) is 4.62. The fraction of sp³-hybridized carbons (Fsp3) is 0.269. The Bertz CT molecular complexity index is 1340. The summed E-state index contributed by atoms with van der Waals surface area (Å²) < 4.78 is 7.44. The molecule has 0 unspecified atom stereocenters. The van der Waals surface area contributed by atoms with Crippen LogP contribution in [0.3, 0.4) is 0 Å². The van der Waals surface area contributed by atoms with Gasteiger partial charge in [0.1, 0.15) is 6.54 Å². The Balaban J connectivity index is 1.27. The number of para-hydroxylation sites is 1. The Morgan fingerprint density at radius 1 is 1.09 bits per heavy atom. The third-order valence-electron chi connectivity index (χ3n) is 6.43. The molecule has 3 heterocycles. The first-order valence-corrected chi connectivity index (χ1v) is 12.3. The van der Waals surface area contributed by atoms with Crippen molar-refractivity contribution in [1.82, 2.24) is 9.47 Å². The van der Waals surface area contributed by atoms with Crippen LogP contribution in [0.25, 0.3) is 17.0 Å². The van der Waals surface area contributed by atoms with Crippen molar-refractivity contribution in [3.05, 3.63) is 64.7 Å². The molecule has 5 rings (SSSR count). The molecule has 0 aliphatic carbocycles. The lowest BCUT2D eigenvalue weighted by Crippen LogP contribution is -2.36. The van der Waals surface area contributed by atoms with Crippen LogP contribution in [0.2, 0.25) is 0 Å². The van der Waals surface area contributed by atoms with Gasteiger partial charge in [0.05, 0.1) is 18.1 Å². The summed E-state index contributed by atoms with van der Waals surface area (Å²) in [6, 6.07) is 15.4. The van der Waals surface area contributed by atoms with Crippen molar-refractivity contribution in [2.24, 2.45) is 7.05 Å². The van der Waals surface area contributed by atoms with Gasteiger partial charge in [0.25, 0.3) is 11.1 Å². The fourth-order valence-corrected chi connectivity index (χ4v) is 5.24. The van der Waals surface area contributed by atoms with E-state index < -0.39 is 17.1 Å². The number of thioether (sulfide) groups is 1. The van der Waals surface area contributed by atoms with Gasteiger partial charge < -0.3 is 19.5 Å². The van der Waals surface area contributed by atoms with E-state index >= 15 is 0 Å². The highest BCUT2D eigenvalue weighted by Gasteiger charge is 2.36.